The van der Waals surface area contributed by atoms with E-state index < -0.39 is 0 Å². The van der Waals surface area contributed by atoms with E-state index in [1.54, 1.807) is 7.05 Å². The number of nitrogens with one attached hydrogen (secondary N) is 3. The highest BCUT2D eigenvalue weighted by molar-refractivity contribution is 5.86. The number of carbonyl (C=O) groups is 1. The quantitative estimate of drug-likeness (QED) is 0.314. The Morgan fingerprint density at radius 2 is 2.19 bits per heavy atom. The molecule has 0 aromatic heterocycles. The van der Waals surface area contributed by atoms with E-state index in [0.717, 1.165) is 32.4 Å². The molecule has 1 aliphatic heterocycles. The van der Waals surface area contributed by atoms with Crippen LogP contribution in [0.15, 0.2) is 4.99 Å². The van der Waals surface area contributed by atoms with Gasteiger partial charge in [0.2, 0.25) is 5.91 Å². The average molecular weight is 300 g/mol. The minimum atomic E-state index is -0.0237. The molecule has 1 heterocycles. The SMILES string of the molecule is CCCNC(=O)CNC(=NC)NCCCOC1CCOC1. The fraction of sp³-hybridized carbons (Fsp3) is 0.857. The van der Waals surface area contributed by atoms with Crippen molar-refractivity contribution in [2.24, 2.45) is 4.99 Å². The van der Waals surface area contributed by atoms with Gasteiger partial charge in [0.25, 0.3) is 0 Å². The van der Waals surface area contributed by atoms with Crippen LogP contribution in [0.3, 0.4) is 0 Å². The molecule has 0 saturated carbocycles. The van der Waals surface area contributed by atoms with Gasteiger partial charge in [-0.3, -0.25) is 9.79 Å². The van der Waals surface area contributed by atoms with Crippen LogP contribution < -0.4 is 16.0 Å². The summed E-state index contributed by atoms with van der Waals surface area (Å²) in [5.41, 5.74) is 0. The van der Waals surface area contributed by atoms with E-state index in [-0.39, 0.29) is 18.6 Å². The lowest BCUT2D eigenvalue weighted by molar-refractivity contribution is -0.120. The molecule has 1 fully saturated rings. The van der Waals surface area contributed by atoms with Crippen LogP contribution in [0.2, 0.25) is 0 Å². The summed E-state index contributed by atoms with van der Waals surface area (Å²) in [5.74, 6) is 0.607. The molecule has 1 amide bonds. The minimum absolute atomic E-state index is 0.0237. The Balaban J connectivity index is 2.01. The van der Waals surface area contributed by atoms with Gasteiger partial charge in [0.1, 0.15) is 0 Å². The first-order chi connectivity index (χ1) is 10.3. The predicted molar refractivity (Wildman–Crippen MR) is 82.5 cm³/mol. The molecule has 1 rings (SSSR count). The van der Waals surface area contributed by atoms with Crippen molar-refractivity contribution < 1.29 is 14.3 Å². The molecule has 7 heteroatoms. The van der Waals surface area contributed by atoms with Gasteiger partial charge in [-0.15, -0.1) is 0 Å². The lowest BCUT2D eigenvalue weighted by Crippen LogP contribution is -2.43. The van der Waals surface area contributed by atoms with Crippen molar-refractivity contribution in [3.8, 4) is 0 Å². The van der Waals surface area contributed by atoms with Crippen molar-refractivity contribution in [3.63, 3.8) is 0 Å². The maximum atomic E-state index is 11.5. The predicted octanol–water partition coefficient (Wildman–Crippen LogP) is -0.127. The van der Waals surface area contributed by atoms with E-state index in [2.05, 4.69) is 20.9 Å². The summed E-state index contributed by atoms with van der Waals surface area (Å²) >= 11 is 0. The van der Waals surface area contributed by atoms with Crippen LogP contribution in [0, 0.1) is 0 Å². The van der Waals surface area contributed by atoms with Crippen molar-refractivity contribution in [2.75, 3.05) is 46.5 Å². The second-order valence-electron chi connectivity index (χ2n) is 4.91. The zero-order valence-corrected chi connectivity index (χ0v) is 13.1. The lowest BCUT2D eigenvalue weighted by Gasteiger charge is -2.13. The molecule has 0 aromatic carbocycles. The van der Waals surface area contributed by atoms with Crippen LogP contribution in [0.1, 0.15) is 26.2 Å². The molecule has 122 valence electrons. The Morgan fingerprint density at radius 1 is 1.33 bits per heavy atom. The maximum absolute atomic E-state index is 11.5. The normalized spacial score (nSPS) is 18.6. The van der Waals surface area contributed by atoms with Gasteiger partial charge in [-0.1, -0.05) is 6.92 Å². The van der Waals surface area contributed by atoms with Crippen molar-refractivity contribution in [2.45, 2.75) is 32.3 Å². The Bertz CT molecular complexity index is 317. The smallest absolute Gasteiger partial charge is 0.239 e. The summed E-state index contributed by atoms with van der Waals surface area (Å²) in [6.45, 7) is 5.93. The number of amides is 1. The van der Waals surface area contributed by atoms with Crippen LogP contribution in [-0.2, 0) is 14.3 Å². The van der Waals surface area contributed by atoms with E-state index >= 15 is 0 Å². The topological polar surface area (TPSA) is 84.0 Å². The minimum Gasteiger partial charge on any atom is -0.379 e. The highest BCUT2D eigenvalue weighted by atomic mass is 16.5. The maximum Gasteiger partial charge on any atom is 0.239 e. The summed E-state index contributed by atoms with van der Waals surface area (Å²) in [5, 5.41) is 8.93. The zero-order chi connectivity index (χ0) is 15.3. The van der Waals surface area contributed by atoms with E-state index in [9.17, 15) is 4.79 Å². The van der Waals surface area contributed by atoms with Crippen LogP contribution >= 0.6 is 0 Å². The molecular formula is C14H28N4O3. The first-order valence-electron chi connectivity index (χ1n) is 7.66. The Morgan fingerprint density at radius 3 is 2.86 bits per heavy atom. The largest absolute Gasteiger partial charge is 0.379 e. The summed E-state index contributed by atoms with van der Waals surface area (Å²) in [6.07, 6.45) is 3.07. The number of rotatable bonds is 9. The van der Waals surface area contributed by atoms with Crippen molar-refractivity contribution in [1.29, 1.82) is 0 Å². The standard InChI is InChI=1S/C14H28N4O3/c1-3-6-16-13(19)10-18-14(15-2)17-7-4-8-21-12-5-9-20-11-12/h12H,3-11H2,1-2H3,(H,16,19)(H2,15,17,18). The second-order valence-corrected chi connectivity index (χ2v) is 4.91. The molecule has 0 radical (unpaired) electrons. The molecule has 21 heavy (non-hydrogen) atoms. The molecule has 1 aliphatic rings. The number of guanidine groups is 1. The van der Waals surface area contributed by atoms with E-state index in [1.807, 2.05) is 6.92 Å². The summed E-state index contributed by atoms with van der Waals surface area (Å²) in [6, 6.07) is 0. The van der Waals surface area contributed by atoms with E-state index in [1.165, 1.54) is 0 Å². The third kappa shape index (κ3) is 8.52. The zero-order valence-electron chi connectivity index (χ0n) is 13.1. The van der Waals surface area contributed by atoms with Gasteiger partial charge >= 0.3 is 0 Å². The molecule has 1 saturated heterocycles. The summed E-state index contributed by atoms with van der Waals surface area (Å²) in [7, 11) is 1.69. The molecule has 1 unspecified atom stereocenters. The van der Waals surface area contributed by atoms with Crippen LogP contribution in [0.25, 0.3) is 0 Å². The number of carbonyl (C=O) groups excluding carboxylic acids is 1. The van der Waals surface area contributed by atoms with E-state index in [0.29, 0.717) is 25.7 Å². The molecule has 7 nitrogen and oxygen atoms in total. The lowest BCUT2D eigenvalue weighted by atomic mass is 10.3. The van der Waals surface area contributed by atoms with Gasteiger partial charge in [-0.2, -0.15) is 0 Å². The fourth-order valence-electron chi connectivity index (χ4n) is 1.88. The summed E-state index contributed by atoms with van der Waals surface area (Å²) < 4.78 is 10.9. The summed E-state index contributed by atoms with van der Waals surface area (Å²) in [4.78, 5) is 15.5. The average Bonchev–Trinajstić information content (AvgIpc) is 3.01. The second kappa shape index (κ2) is 11.3. The van der Waals surface area contributed by atoms with Crippen molar-refractivity contribution in [1.82, 2.24) is 16.0 Å². The molecule has 0 spiro atoms. The third-order valence-corrected chi connectivity index (χ3v) is 3.07. The Labute approximate surface area is 126 Å². The van der Waals surface area contributed by atoms with Gasteiger partial charge in [0.15, 0.2) is 5.96 Å². The number of nitrogens with zero attached hydrogens (tertiary/aromatic N) is 1. The molecule has 0 bridgehead atoms. The first-order valence-corrected chi connectivity index (χ1v) is 7.66. The van der Waals surface area contributed by atoms with E-state index in [4.69, 9.17) is 9.47 Å². The molecule has 0 aromatic rings. The third-order valence-electron chi connectivity index (χ3n) is 3.07. The fourth-order valence-corrected chi connectivity index (χ4v) is 1.88. The first kappa shape index (κ1) is 17.7. The highest BCUT2D eigenvalue weighted by Gasteiger charge is 2.15. The molecule has 3 N–H and O–H groups in total. The molecule has 0 aliphatic carbocycles. The van der Waals surface area contributed by atoms with Crippen LogP contribution in [-0.4, -0.2) is 64.5 Å². The molecule has 1 atom stereocenters. The number of aliphatic imine (C=N–C) groups is 1. The monoisotopic (exact) mass is 300 g/mol. The van der Waals surface area contributed by atoms with Gasteiger partial charge in [-0.25, -0.2) is 0 Å². The number of hydrogen-bond acceptors (Lipinski definition) is 4. The number of hydrogen-bond donors (Lipinski definition) is 3. The molecular weight excluding hydrogens is 272 g/mol. The van der Waals surface area contributed by atoms with Gasteiger partial charge in [-0.05, 0) is 19.3 Å². The van der Waals surface area contributed by atoms with Gasteiger partial charge < -0.3 is 25.4 Å². The van der Waals surface area contributed by atoms with Crippen LogP contribution in [0.5, 0.6) is 0 Å². The Kier molecular flexibility index (Phi) is 9.56. The van der Waals surface area contributed by atoms with Gasteiger partial charge in [0, 0.05) is 33.4 Å². The van der Waals surface area contributed by atoms with Crippen molar-refractivity contribution >= 4 is 11.9 Å². The van der Waals surface area contributed by atoms with Crippen LogP contribution in [0.4, 0.5) is 0 Å². The number of ether oxygens (including phenoxy) is 2. The van der Waals surface area contributed by atoms with Gasteiger partial charge in [0.05, 0.1) is 19.3 Å². The Hall–Kier alpha value is -1.34. The highest BCUT2D eigenvalue weighted by Crippen LogP contribution is 2.07. The van der Waals surface area contributed by atoms with Crippen molar-refractivity contribution in [3.05, 3.63) is 0 Å².